The monoisotopic (exact) mass is 349 g/mol. The molecule has 26 heavy (non-hydrogen) atoms. The average Bonchev–Trinajstić information content (AvgIpc) is 3.03. The molecule has 1 aromatic heterocycles. The smallest absolute Gasteiger partial charge is 0.219 e. The maximum absolute atomic E-state index is 12.7. The number of hydrogen-bond acceptors (Lipinski definition) is 3. The maximum Gasteiger partial charge on any atom is 0.219 e. The molecule has 1 amide bonds. The van der Waals surface area contributed by atoms with E-state index in [0.29, 0.717) is 24.9 Å². The predicted octanol–water partition coefficient (Wildman–Crippen LogP) is 3.38. The number of benzene rings is 2. The van der Waals surface area contributed by atoms with Crippen molar-refractivity contribution in [3.8, 4) is 0 Å². The fraction of sp³-hybridized carbons (Fsp3) is 0.286. The zero-order valence-corrected chi connectivity index (χ0v) is 14.9. The number of nitrogens with zero attached hydrogens (tertiary/aromatic N) is 2. The molecular formula is C21H23N3O2. The van der Waals surface area contributed by atoms with Gasteiger partial charge in [0, 0.05) is 24.9 Å². The van der Waals surface area contributed by atoms with E-state index in [-0.39, 0.29) is 18.2 Å². The van der Waals surface area contributed by atoms with Crippen LogP contribution in [0.2, 0.25) is 0 Å². The van der Waals surface area contributed by atoms with Crippen LogP contribution < -0.4 is 5.32 Å². The van der Waals surface area contributed by atoms with Gasteiger partial charge >= 0.3 is 0 Å². The normalized spacial score (nSPS) is 10.8. The summed E-state index contributed by atoms with van der Waals surface area (Å²) in [6.07, 6.45) is 1.99. The molecule has 1 heterocycles. The molecule has 0 saturated carbocycles. The molecular weight excluding hydrogens is 326 g/mol. The first-order valence-electron chi connectivity index (χ1n) is 8.98. The molecule has 0 atom stereocenters. The third-order valence-electron chi connectivity index (χ3n) is 4.35. The van der Waals surface area contributed by atoms with Crippen LogP contribution >= 0.6 is 0 Å². The summed E-state index contributed by atoms with van der Waals surface area (Å²) in [6.45, 7) is 2.72. The van der Waals surface area contributed by atoms with Crippen molar-refractivity contribution >= 4 is 22.7 Å². The van der Waals surface area contributed by atoms with Gasteiger partial charge in [-0.3, -0.25) is 9.59 Å². The van der Waals surface area contributed by atoms with Crippen LogP contribution in [0.3, 0.4) is 0 Å². The third kappa shape index (κ3) is 4.17. The second-order valence-electron chi connectivity index (χ2n) is 6.20. The molecule has 0 fully saturated rings. The summed E-state index contributed by atoms with van der Waals surface area (Å²) in [6, 6.07) is 17.2. The van der Waals surface area contributed by atoms with Crippen LogP contribution in [-0.4, -0.2) is 27.8 Å². The van der Waals surface area contributed by atoms with Crippen LogP contribution in [0.25, 0.3) is 11.0 Å². The topological polar surface area (TPSA) is 64.0 Å². The minimum Gasteiger partial charge on any atom is -0.356 e. The predicted molar refractivity (Wildman–Crippen MR) is 102 cm³/mol. The summed E-state index contributed by atoms with van der Waals surface area (Å²) in [5, 5.41) is 2.88. The Hall–Kier alpha value is -2.95. The van der Waals surface area contributed by atoms with Gasteiger partial charge in [-0.2, -0.15) is 0 Å². The Morgan fingerprint density at radius 2 is 1.77 bits per heavy atom. The number of Topliss-reactive ketones (excluding diaryl/α,β-unsaturated/α-hetero) is 1. The number of para-hydroxylation sites is 2. The third-order valence-corrected chi connectivity index (χ3v) is 4.35. The number of aryl methyl sites for hydroxylation is 1. The van der Waals surface area contributed by atoms with Crippen molar-refractivity contribution < 1.29 is 9.59 Å². The van der Waals surface area contributed by atoms with Gasteiger partial charge in [0.15, 0.2) is 5.78 Å². The summed E-state index contributed by atoms with van der Waals surface area (Å²) in [5.74, 6) is 0.994. The number of carbonyl (C=O) groups is 2. The lowest BCUT2D eigenvalue weighted by Gasteiger charge is -2.09. The highest BCUT2D eigenvalue weighted by atomic mass is 16.1. The van der Waals surface area contributed by atoms with E-state index < -0.39 is 0 Å². The van der Waals surface area contributed by atoms with Crippen molar-refractivity contribution in [2.24, 2.45) is 0 Å². The molecule has 0 aliphatic rings. The highest BCUT2D eigenvalue weighted by molar-refractivity contribution is 5.96. The zero-order chi connectivity index (χ0) is 18.4. The van der Waals surface area contributed by atoms with E-state index in [0.717, 1.165) is 23.3 Å². The van der Waals surface area contributed by atoms with E-state index in [1.165, 1.54) is 0 Å². The van der Waals surface area contributed by atoms with Gasteiger partial charge in [-0.15, -0.1) is 0 Å². The minimum atomic E-state index is 0.0535. The number of ketones is 1. The fourth-order valence-electron chi connectivity index (χ4n) is 2.95. The van der Waals surface area contributed by atoms with Crippen LogP contribution in [0.1, 0.15) is 35.9 Å². The van der Waals surface area contributed by atoms with Crippen molar-refractivity contribution in [1.29, 1.82) is 0 Å². The number of nitrogens with one attached hydrogen (secondary N) is 1. The molecule has 0 bridgehead atoms. The Balaban J connectivity index is 1.78. The fourth-order valence-corrected chi connectivity index (χ4v) is 2.95. The van der Waals surface area contributed by atoms with Crippen LogP contribution in [0, 0.1) is 0 Å². The number of imidazole rings is 1. The summed E-state index contributed by atoms with van der Waals surface area (Å²) >= 11 is 0. The second-order valence-corrected chi connectivity index (χ2v) is 6.20. The number of carbonyl (C=O) groups excluding carboxylic acids is 2. The molecule has 0 saturated heterocycles. The van der Waals surface area contributed by atoms with Gasteiger partial charge in [0.2, 0.25) is 5.91 Å². The summed E-state index contributed by atoms with van der Waals surface area (Å²) in [5.41, 5.74) is 2.55. The lowest BCUT2D eigenvalue weighted by Crippen LogP contribution is -2.24. The minimum absolute atomic E-state index is 0.0535. The highest BCUT2D eigenvalue weighted by Gasteiger charge is 2.14. The Labute approximate surface area is 153 Å². The van der Waals surface area contributed by atoms with E-state index in [2.05, 4.69) is 5.32 Å². The Kier molecular flexibility index (Phi) is 5.79. The van der Waals surface area contributed by atoms with Gasteiger partial charge in [-0.1, -0.05) is 49.4 Å². The van der Waals surface area contributed by atoms with Crippen molar-refractivity contribution in [3.63, 3.8) is 0 Å². The van der Waals surface area contributed by atoms with Crippen molar-refractivity contribution in [1.82, 2.24) is 14.9 Å². The second kappa shape index (κ2) is 8.43. The molecule has 3 rings (SSSR count). The van der Waals surface area contributed by atoms with Gasteiger partial charge in [0.1, 0.15) is 5.82 Å². The summed E-state index contributed by atoms with van der Waals surface area (Å²) in [4.78, 5) is 28.7. The van der Waals surface area contributed by atoms with Crippen LogP contribution in [0.15, 0.2) is 54.6 Å². The number of aromatic nitrogens is 2. The van der Waals surface area contributed by atoms with Crippen LogP contribution in [0.4, 0.5) is 0 Å². The Morgan fingerprint density at radius 3 is 2.54 bits per heavy atom. The van der Waals surface area contributed by atoms with Gasteiger partial charge in [-0.25, -0.2) is 4.98 Å². The van der Waals surface area contributed by atoms with E-state index in [1.807, 2.05) is 66.1 Å². The van der Waals surface area contributed by atoms with Crippen LogP contribution in [-0.2, 0) is 17.8 Å². The summed E-state index contributed by atoms with van der Waals surface area (Å²) in [7, 11) is 0. The molecule has 0 aliphatic heterocycles. The lowest BCUT2D eigenvalue weighted by atomic mass is 10.1. The maximum atomic E-state index is 12.7. The van der Waals surface area contributed by atoms with E-state index in [9.17, 15) is 9.59 Å². The Bertz CT molecular complexity index is 900. The summed E-state index contributed by atoms with van der Waals surface area (Å²) < 4.78 is 1.99. The van der Waals surface area contributed by atoms with Gasteiger partial charge < -0.3 is 9.88 Å². The first-order chi connectivity index (χ1) is 12.7. The largest absolute Gasteiger partial charge is 0.356 e. The lowest BCUT2D eigenvalue weighted by molar-refractivity contribution is -0.120. The molecule has 2 aromatic carbocycles. The molecule has 0 radical (unpaired) electrons. The average molecular weight is 349 g/mol. The molecule has 3 aromatic rings. The SMILES string of the molecule is CCC(=O)NCCCc1nc2ccccc2n1CC(=O)c1ccccc1. The van der Waals surface area contributed by atoms with Gasteiger partial charge in [0.25, 0.3) is 0 Å². The van der Waals surface area contributed by atoms with Crippen molar-refractivity contribution in [3.05, 3.63) is 66.0 Å². The van der Waals surface area contributed by atoms with E-state index in [4.69, 9.17) is 4.98 Å². The van der Waals surface area contributed by atoms with Gasteiger partial charge in [-0.05, 0) is 18.6 Å². The number of rotatable bonds is 8. The van der Waals surface area contributed by atoms with Crippen LogP contribution in [0.5, 0.6) is 0 Å². The first kappa shape index (κ1) is 17.9. The Morgan fingerprint density at radius 1 is 1.04 bits per heavy atom. The molecule has 0 aliphatic carbocycles. The molecule has 0 unspecified atom stereocenters. The molecule has 0 spiro atoms. The highest BCUT2D eigenvalue weighted by Crippen LogP contribution is 2.18. The van der Waals surface area contributed by atoms with Crippen molar-refractivity contribution in [2.45, 2.75) is 32.7 Å². The molecule has 5 heteroatoms. The van der Waals surface area contributed by atoms with Gasteiger partial charge in [0.05, 0.1) is 17.6 Å². The van der Waals surface area contributed by atoms with E-state index >= 15 is 0 Å². The zero-order valence-electron chi connectivity index (χ0n) is 14.9. The molecule has 1 N–H and O–H groups in total. The number of fused-ring (bicyclic) bond motifs is 1. The van der Waals surface area contributed by atoms with Crippen molar-refractivity contribution in [2.75, 3.05) is 6.54 Å². The number of hydrogen-bond donors (Lipinski definition) is 1. The van der Waals surface area contributed by atoms with E-state index in [1.54, 1.807) is 0 Å². The quantitative estimate of drug-likeness (QED) is 0.501. The molecule has 5 nitrogen and oxygen atoms in total. The standard InChI is InChI=1S/C21H23N3O2/c1-2-21(26)22-14-8-13-20-23-17-11-6-7-12-18(17)24(20)15-19(25)16-9-4-3-5-10-16/h3-7,9-12H,2,8,13-15H2,1H3,(H,22,26). The molecule has 134 valence electrons. The first-order valence-corrected chi connectivity index (χ1v) is 8.98. The number of amides is 1.